The van der Waals surface area contributed by atoms with Gasteiger partial charge >= 0.3 is 0 Å². The molecule has 1 heterocycles. The lowest BCUT2D eigenvalue weighted by molar-refractivity contribution is -0.147. The number of aliphatic hydroxyl groups excluding tert-OH is 2. The van der Waals surface area contributed by atoms with Crippen molar-refractivity contribution >= 4 is 5.91 Å². The van der Waals surface area contributed by atoms with Crippen LogP contribution < -0.4 is 16.0 Å². The van der Waals surface area contributed by atoms with Crippen molar-refractivity contribution < 1.29 is 20.1 Å². The minimum atomic E-state index is -1.33. The summed E-state index contributed by atoms with van der Waals surface area (Å²) in [6.07, 6.45) is 0.194. The second-order valence-electron chi connectivity index (χ2n) is 7.34. The van der Waals surface area contributed by atoms with Crippen molar-refractivity contribution in [2.75, 3.05) is 26.7 Å². The van der Waals surface area contributed by atoms with Crippen molar-refractivity contribution in [1.29, 1.82) is 0 Å². The number of aliphatic hydroxyl groups is 3. The number of nitrogens with one attached hydrogen (secondary N) is 3. The van der Waals surface area contributed by atoms with E-state index in [0.717, 1.165) is 6.54 Å². The van der Waals surface area contributed by atoms with E-state index in [1.807, 2.05) is 14.0 Å². The molecule has 8 atom stereocenters. The van der Waals surface area contributed by atoms with Crippen molar-refractivity contribution in [3.63, 3.8) is 0 Å². The summed E-state index contributed by atoms with van der Waals surface area (Å²) in [7, 11) is 1.85. The van der Waals surface area contributed by atoms with Crippen LogP contribution in [0, 0.1) is 23.7 Å². The molecule has 2 bridgehead atoms. The maximum absolute atomic E-state index is 12.3. The van der Waals surface area contributed by atoms with E-state index in [-0.39, 0.29) is 48.3 Å². The zero-order chi connectivity index (χ0) is 16.8. The molecular weight excluding hydrogens is 298 g/mol. The van der Waals surface area contributed by atoms with E-state index in [4.69, 9.17) is 0 Å². The molecule has 23 heavy (non-hydrogen) atoms. The molecule has 0 aromatic heterocycles. The van der Waals surface area contributed by atoms with Gasteiger partial charge in [-0.2, -0.15) is 0 Å². The smallest absolute Gasteiger partial charge is 0.252 e. The largest absolute Gasteiger partial charge is 0.394 e. The fraction of sp³-hybridized carbons (Fsp3) is 0.938. The monoisotopic (exact) mass is 327 g/mol. The Labute approximate surface area is 136 Å². The molecule has 6 N–H and O–H groups in total. The standard InChI is InChI=1S/C16H29N3O4/c1-3-18-13-10(4-9(21)7-20)14(17-2)12-11(13)8-5-16(12,23)15(22)19-6-8/h8-14,17-18,20-21,23H,3-7H2,1-2H3,(H,19,22). The molecule has 0 aromatic rings. The molecule has 7 heteroatoms. The van der Waals surface area contributed by atoms with Gasteiger partial charge in [0, 0.05) is 24.5 Å². The Kier molecular flexibility index (Phi) is 4.68. The van der Waals surface area contributed by atoms with E-state index in [0.29, 0.717) is 19.4 Å². The number of carbonyl (C=O) groups excluding carboxylic acids is 1. The molecule has 132 valence electrons. The molecule has 0 spiro atoms. The van der Waals surface area contributed by atoms with E-state index in [1.165, 1.54) is 0 Å². The summed E-state index contributed by atoms with van der Waals surface area (Å²) in [6, 6.07) is 0.0551. The summed E-state index contributed by atoms with van der Waals surface area (Å²) in [4.78, 5) is 12.3. The number of amides is 1. The number of piperidine rings is 1. The highest BCUT2D eigenvalue weighted by atomic mass is 16.3. The van der Waals surface area contributed by atoms with Crippen LogP contribution in [-0.4, -0.2) is 71.8 Å². The lowest BCUT2D eigenvalue weighted by Gasteiger charge is -2.37. The first-order valence-corrected chi connectivity index (χ1v) is 8.68. The Bertz CT molecular complexity index is 463. The van der Waals surface area contributed by atoms with Crippen LogP contribution in [-0.2, 0) is 4.79 Å². The van der Waals surface area contributed by atoms with Crippen LogP contribution in [0.1, 0.15) is 19.8 Å². The first kappa shape index (κ1) is 17.1. The zero-order valence-corrected chi connectivity index (χ0v) is 13.8. The summed E-state index contributed by atoms with van der Waals surface area (Å²) in [6.45, 7) is 3.17. The van der Waals surface area contributed by atoms with Gasteiger partial charge in [0.05, 0.1) is 12.7 Å². The molecule has 0 radical (unpaired) electrons. The maximum Gasteiger partial charge on any atom is 0.252 e. The van der Waals surface area contributed by atoms with Gasteiger partial charge in [-0.25, -0.2) is 0 Å². The summed E-state index contributed by atoms with van der Waals surface area (Å²) in [5, 5.41) is 39.9. The van der Waals surface area contributed by atoms with Crippen molar-refractivity contribution in [2.45, 2.75) is 43.6 Å². The van der Waals surface area contributed by atoms with Crippen LogP contribution in [0.4, 0.5) is 0 Å². The second kappa shape index (κ2) is 6.29. The van der Waals surface area contributed by atoms with Crippen LogP contribution in [0.2, 0.25) is 0 Å². The minimum Gasteiger partial charge on any atom is -0.394 e. The van der Waals surface area contributed by atoms with E-state index >= 15 is 0 Å². The van der Waals surface area contributed by atoms with E-state index in [2.05, 4.69) is 16.0 Å². The number of fused-ring (bicyclic) bond motifs is 5. The quantitative estimate of drug-likeness (QED) is 0.338. The molecule has 1 amide bonds. The fourth-order valence-electron chi connectivity index (χ4n) is 5.54. The van der Waals surface area contributed by atoms with Gasteiger partial charge in [-0.05, 0) is 44.2 Å². The van der Waals surface area contributed by atoms with Gasteiger partial charge in [-0.15, -0.1) is 0 Å². The molecule has 8 unspecified atom stereocenters. The van der Waals surface area contributed by atoms with E-state index < -0.39 is 11.7 Å². The Morgan fingerprint density at radius 3 is 2.78 bits per heavy atom. The van der Waals surface area contributed by atoms with Crippen LogP contribution >= 0.6 is 0 Å². The van der Waals surface area contributed by atoms with Gasteiger partial charge in [0.15, 0.2) is 0 Å². The topological polar surface area (TPSA) is 114 Å². The Morgan fingerprint density at radius 1 is 1.43 bits per heavy atom. The van der Waals surface area contributed by atoms with Gasteiger partial charge < -0.3 is 31.3 Å². The molecule has 2 saturated carbocycles. The minimum absolute atomic E-state index is 0.0656. The highest BCUT2D eigenvalue weighted by molar-refractivity contribution is 5.87. The molecular formula is C16H29N3O4. The van der Waals surface area contributed by atoms with Crippen molar-refractivity contribution in [1.82, 2.24) is 16.0 Å². The first-order chi connectivity index (χ1) is 11.0. The third-order valence-electron chi connectivity index (χ3n) is 6.25. The van der Waals surface area contributed by atoms with Crippen LogP contribution in [0.5, 0.6) is 0 Å². The van der Waals surface area contributed by atoms with Gasteiger partial charge in [0.2, 0.25) is 0 Å². The lowest BCUT2D eigenvalue weighted by Crippen LogP contribution is -2.57. The van der Waals surface area contributed by atoms with Gasteiger partial charge in [0.25, 0.3) is 5.91 Å². The first-order valence-electron chi connectivity index (χ1n) is 8.68. The average molecular weight is 327 g/mol. The van der Waals surface area contributed by atoms with Crippen molar-refractivity contribution in [3.05, 3.63) is 0 Å². The highest BCUT2D eigenvalue weighted by Crippen LogP contribution is 2.57. The Balaban J connectivity index is 1.96. The molecule has 1 aliphatic heterocycles. The highest BCUT2D eigenvalue weighted by Gasteiger charge is 2.68. The Hall–Kier alpha value is -0.730. The van der Waals surface area contributed by atoms with Crippen LogP contribution in [0.15, 0.2) is 0 Å². The zero-order valence-electron chi connectivity index (χ0n) is 13.8. The summed E-state index contributed by atoms with van der Waals surface area (Å²) >= 11 is 0. The third-order valence-corrected chi connectivity index (χ3v) is 6.25. The van der Waals surface area contributed by atoms with Crippen molar-refractivity contribution in [3.8, 4) is 0 Å². The van der Waals surface area contributed by atoms with Gasteiger partial charge in [-0.1, -0.05) is 6.92 Å². The number of hydrogen-bond acceptors (Lipinski definition) is 6. The molecule has 1 saturated heterocycles. The van der Waals surface area contributed by atoms with Gasteiger partial charge in [-0.3, -0.25) is 4.79 Å². The molecule has 3 rings (SSSR count). The third kappa shape index (κ3) is 2.49. The van der Waals surface area contributed by atoms with E-state index in [1.54, 1.807) is 0 Å². The number of rotatable bonds is 6. The normalized spacial score (nSPS) is 46.6. The molecule has 3 fully saturated rings. The fourth-order valence-corrected chi connectivity index (χ4v) is 5.54. The predicted molar refractivity (Wildman–Crippen MR) is 84.6 cm³/mol. The second-order valence-corrected chi connectivity index (χ2v) is 7.34. The Morgan fingerprint density at radius 2 is 2.17 bits per heavy atom. The van der Waals surface area contributed by atoms with Crippen LogP contribution in [0.3, 0.4) is 0 Å². The number of carbonyl (C=O) groups is 1. The lowest BCUT2D eigenvalue weighted by atomic mass is 9.81. The maximum atomic E-state index is 12.3. The van der Waals surface area contributed by atoms with Crippen LogP contribution in [0.25, 0.3) is 0 Å². The average Bonchev–Trinajstić information content (AvgIpc) is 2.97. The summed E-state index contributed by atoms with van der Waals surface area (Å²) < 4.78 is 0. The molecule has 0 aromatic carbocycles. The molecule has 2 aliphatic carbocycles. The van der Waals surface area contributed by atoms with Crippen molar-refractivity contribution in [2.24, 2.45) is 23.7 Å². The summed E-state index contributed by atoms with van der Waals surface area (Å²) in [5.74, 6) is 0.0727. The summed E-state index contributed by atoms with van der Waals surface area (Å²) in [5.41, 5.74) is -1.33. The molecule has 7 nitrogen and oxygen atoms in total. The predicted octanol–water partition coefficient (Wildman–Crippen LogP) is -1.96. The van der Waals surface area contributed by atoms with E-state index in [9.17, 15) is 20.1 Å². The number of hydrogen-bond donors (Lipinski definition) is 6. The SMILES string of the molecule is CCNC1C(CC(O)CO)C(NC)C2C1C1CNC(=O)C2(O)C1. The molecule has 3 aliphatic rings. The van der Waals surface area contributed by atoms with Gasteiger partial charge in [0.1, 0.15) is 5.60 Å².